The van der Waals surface area contributed by atoms with E-state index >= 15 is 0 Å². The third-order valence-electron chi connectivity index (χ3n) is 2.45. The molecule has 2 N–H and O–H groups in total. The van der Waals surface area contributed by atoms with Crippen molar-refractivity contribution in [1.82, 2.24) is 19.8 Å². The van der Waals surface area contributed by atoms with Gasteiger partial charge in [0.2, 0.25) is 10.0 Å². The second-order valence-electron chi connectivity index (χ2n) is 3.84. The molecule has 0 unspecified atom stereocenters. The number of aromatic amines is 1. The Labute approximate surface area is 105 Å². The van der Waals surface area contributed by atoms with E-state index in [2.05, 4.69) is 19.8 Å². The first kappa shape index (κ1) is 12.8. The molecule has 0 aliphatic rings. The molecule has 18 heavy (non-hydrogen) atoms. The van der Waals surface area contributed by atoms with E-state index in [1.807, 2.05) is 0 Å². The van der Waals surface area contributed by atoms with Crippen LogP contribution < -0.4 is 4.72 Å². The second-order valence-corrected chi connectivity index (χ2v) is 5.54. The Morgan fingerprint density at radius 3 is 2.78 bits per heavy atom. The zero-order chi connectivity index (χ0) is 13.2. The number of H-pyrrole nitrogens is 1. The van der Waals surface area contributed by atoms with Gasteiger partial charge in [-0.05, 0) is 13.8 Å². The second kappa shape index (κ2) is 4.91. The van der Waals surface area contributed by atoms with Crippen LogP contribution in [0.2, 0.25) is 0 Å². The van der Waals surface area contributed by atoms with Gasteiger partial charge in [0.05, 0.1) is 0 Å². The van der Waals surface area contributed by atoms with E-state index in [1.165, 1.54) is 0 Å². The van der Waals surface area contributed by atoms with Gasteiger partial charge in [0.1, 0.15) is 16.4 Å². The molecule has 0 saturated heterocycles. The first-order valence-corrected chi connectivity index (χ1v) is 6.90. The summed E-state index contributed by atoms with van der Waals surface area (Å²) in [6.45, 7) is 3.43. The summed E-state index contributed by atoms with van der Waals surface area (Å²) < 4.78 is 31.4. The van der Waals surface area contributed by atoms with Crippen molar-refractivity contribution in [2.75, 3.05) is 6.54 Å². The van der Waals surface area contributed by atoms with Crippen LogP contribution in [-0.4, -0.2) is 30.1 Å². The number of sulfonamides is 1. The Morgan fingerprint density at radius 1 is 1.44 bits per heavy atom. The summed E-state index contributed by atoms with van der Waals surface area (Å²) in [6.07, 6.45) is 3.81. The van der Waals surface area contributed by atoms with E-state index in [1.54, 1.807) is 26.2 Å². The van der Waals surface area contributed by atoms with Gasteiger partial charge in [-0.15, -0.1) is 0 Å². The van der Waals surface area contributed by atoms with Crippen molar-refractivity contribution in [3.63, 3.8) is 0 Å². The van der Waals surface area contributed by atoms with Gasteiger partial charge >= 0.3 is 0 Å². The van der Waals surface area contributed by atoms with Crippen LogP contribution in [0.15, 0.2) is 21.8 Å². The van der Waals surface area contributed by atoms with Crippen LogP contribution in [0, 0.1) is 13.8 Å². The molecule has 0 aliphatic carbocycles. The van der Waals surface area contributed by atoms with Gasteiger partial charge in [0, 0.05) is 25.4 Å². The zero-order valence-electron chi connectivity index (χ0n) is 10.1. The maximum atomic E-state index is 12.0. The van der Waals surface area contributed by atoms with Crippen LogP contribution in [0.1, 0.15) is 17.3 Å². The van der Waals surface area contributed by atoms with E-state index in [-0.39, 0.29) is 17.2 Å². The van der Waals surface area contributed by atoms with Gasteiger partial charge < -0.3 is 9.51 Å². The molecule has 0 aromatic carbocycles. The number of imidazole rings is 1. The first-order valence-electron chi connectivity index (χ1n) is 5.41. The van der Waals surface area contributed by atoms with Crippen molar-refractivity contribution in [2.45, 2.75) is 25.2 Å². The predicted molar refractivity (Wildman–Crippen MR) is 63.5 cm³/mol. The molecule has 2 rings (SSSR count). The molecular weight excluding hydrogens is 256 g/mol. The van der Waals surface area contributed by atoms with Crippen LogP contribution in [0.25, 0.3) is 0 Å². The number of hydrogen-bond donors (Lipinski definition) is 2. The smallest absolute Gasteiger partial charge is 0.245 e. The van der Waals surface area contributed by atoms with Crippen molar-refractivity contribution in [1.29, 1.82) is 0 Å². The molecule has 0 amide bonds. The van der Waals surface area contributed by atoms with Gasteiger partial charge in [0.25, 0.3) is 0 Å². The fraction of sp³-hybridized carbons (Fsp3) is 0.400. The van der Waals surface area contributed by atoms with Crippen LogP contribution in [0.3, 0.4) is 0 Å². The minimum atomic E-state index is -3.58. The molecule has 0 radical (unpaired) electrons. The molecule has 2 heterocycles. The highest BCUT2D eigenvalue weighted by Crippen LogP contribution is 2.18. The van der Waals surface area contributed by atoms with Gasteiger partial charge in [-0.2, -0.15) is 0 Å². The highest BCUT2D eigenvalue weighted by atomic mass is 32.2. The average Bonchev–Trinajstić information content (AvgIpc) is 2.89. The molecule has 0 saturated carbocycles. The van der Waals surface area contributed by atoms with E-state index in [9.17, 15) is 8.42 Å². The Hall–Kier alpha value is -1.67. The van der Waals surface area contributed by atoms with E-state index < -0.39 is 10.0 Å². The van der Waals surface area contributed by atoms with Gasteiger partial charge in [-0.3, -0.25) is 0 Å². The number of aryl methyl sites for hydroxylation is 2. The van der Waals surface area contributed by atoms with Crippen molar-refractivity contribution >= 4 is 10.0 Å². The maximum Gasteiger partial charge on any atom is 0.245 e. The van der Waals surface area contributed by atoms with Gasteiger partial charge in [-0.1, -0.05) is 5.16 Å². The summed E-state index contributed by atoms with van der Waals surface area (Å²) in [5, 5.41) is 3.63. The number of nitrogens with one attached hydrogen (secondary N) is 2. The predicted octanol–water partition coefficient (Wildman–Crippen LogP) is 0.536. The summed E-state index contributed by atoms with van der Waals surface area (Å²) in [4.78, 5) is 7.03. The average molecular weight is 270 g/mol. The largest absolute Gasteiger partial charge is 0.360 e. The molecule has 2 aromatic rings. The molecule has 0 aliphatic heterocycles. The van der Waals surface area contributed by atoms with Crippen LogP contribution in [0.4, 0.5) is 0 Å². The maximum absolute atomic E-state index is 12.0. The van der Waals surface area contributed by atoms with Crippen LogP contribution >= 0.6 is 0 Å². The van der Waals surface area contributed by atoms with Crippen LogP contribution in [0.5, 0.6) is 0 Å². The van der Waals surface area contributed by atoms with Crippen LogP contribution in [-0.2, 0) is 16.4 Å². The first-order chi connectivity index (χ1) is 8.50. The monoisotopic (exact) mass is 270 g/mol. The normalized spacial score (nSPS) is 11.9. The summed E-state index contributed by atoms with van der Waals surface area (Å²) in [5.74, 6) is 1.02. The molecule has 98 valence electrons. The molecule has 7 nitrogen and oxygen atoms in total. The lowest BCUT2D eigenvalue weighted by atomic mass is 10.4. The Kier molecular flexibility index (Phi) is 3.48. The third kappa shape index (κ3) is 2.59. The number of nitrogens with zero attached hydrogens (tertiary/aromatic N) is 2. The van der Waals surface area contributed by atoms with Crippen molar-refractivity contribution in [3.8, 4) is 0 Å². The highest BCUT2D eigenvalue weighted by molar-refractivity contribution is 7.89. The molecule has 2 aromatic heterocycles. The highest BCUT2D eigenvalue weighted by Gasteiger charge is 2.23. The van der Waals surface area contributed by atoms with E-state index in [0.29, 0.717) is 12.1 Å². The Bertz CT molecular complexity index is 596. The molecule has 0 fully saturated rings. The zero-order valence-corrected chi connectivity index (χ0v) is 10.9. The van der Waals surface area contributed by atoms with Gasteiger partial charge in [-0.25, -0.2) is 18.1 Å². The summed E-state index contributed by atoms with van der Waals surface area (Å²) >= 11 is 0. The molecular formula is C10H14N4O3S. The SMILES string of the molecule is Cc1noc(C)c1S(=O)(=O)NCCc1ncc[nH]1. The van der Waals surface area contributed by atoms with E-state index in [4.69, 9.17) is 4.52 Å². The molecule has 8 heteroatoms. The van der Waals surface area contributed by atoms with Crippen molar-refractivity contribution in [3.05, 3.63) is 29.7 Å². The van der Waals surface area contributed by atoms with Gasteiger partial charge in [0.15, 0.2) is 5.76 Å². The number of hydrogen-bond acceptors (Lipinski definition) is 5. The van der Waals surface area contributed by atoms with E-state index in [0.717, 1.165) is 5.82 Å². The Morgan fingerprint density at radius 2 is 2.22 bits per heavy atom. The minimum Gasteiger partial charge on any atom is -0.360 e. The molecule has 0 atom stereocenters. The standard InChI is InChI=1S/C10H14N4O3S/c1-7-10(8(2)17-14-7)18(15,16)13-4-3-9-11-5-6-12-9/h5-6,13H,3-4H2,1-2H3,(H,11,12). The minimum absolute atomic E-state index is 0.113. The molecule has 0 spiro atoms. The lowest BCUT2D eigenvalue weighted by Crippen LogP contribution is -2.27. The third-order valence-corrected chi connectivity index (χ3v) is 4.15. The quantitative estimate of drug-likeness (QED) is 0.825. The fourth-order valence-corrected chi connectivity index (χ4v) is 3.03. The Balaban J connectivity index is 2.04. The summed E-state index contributed by atoms with van der Waals surface area (Å²) in [5.41, 5.74) is 0.359. The van der Waals surface area contributed by atoms with Crippen molar-refractivity contribution in [2.24, 2.45) is 0 Å². The topological polar surface area (TPSA) is 101 Å². The lowest BCUT2D eigenvalue weighted by Gasteiger charge is -2.04. The fourth-order valence-electron chi connectivity index (χ4n) is 1.67. The summed E-state index contributed by atoms with van der Waals surface area (Å²) in [7, 11) is -3.58. The van der Waals surface area contributed by atoms with Crippen molar-refractivity contribution < 1.29 is 12.9 Å². The number of aromatic nitrogens is 3. The summed E-state index contributed by atoms with van der Waals surface area (Å²) in [6, 6.07) is 0. The lowest BCUT2D eigenvalue weighted by molar-refractivity contribution is 0.390. The molecule has 0 bridgehead atoms. The number of rotatable bonds is 5.